The summed E-state index contributed by atoms with van der Waals surface area (Å²) in [7, 11) is 0. The Kier molecular flexibility index (Phi) is 7.45. The van der Waals surface area contributed by atoms with E-state index in [-0.39, 0.29) is 10.9 Å². The second-order valence-electron chi connectivity index (χ2n) is 6.31. The molecular weight excluding hydrogens is 440 g/mol. The summed E-state index contributed by atoms with van der Waals surface area (Å²) in [4.78, 5) is 39.4. The minimum atomic E-state index is -0.477. The van der Waals surface area contributed by atoms with E-state index in [9.17, 15) is 19.7 Å². The molecule has 0 saturated heterocycles. The summed E-state index contributed by atoms with van der Waals surface area (Å²) in [5.41, 5.74) is 1.54. The van der Waals surface area contributed by atoms with Gasteiger partial charge >= 0.3 is 5.00 Å². The number of benzene rings is 1. The van der Waals surface area contributed by atoms with Crippen molar-refractivity contribution >= 4 is 61.5 Å². The van der Waals surface area contributed by atoms with Crippen LogP contribution in [-0.2, 0) is 20.9 Å². The van der Waals surface area contributed by atoms with E-state index in [1.54, 1.807) is 12.1 Å². The number of anilines is 1. The van der Waals surface area contributed by atoms with Crippen molar-refractivity contribution in [1.82, 2.24) is 4.57 Å². The van der Waals surface area contributed by atoms with E-state index in [4.69, 9.17) is 4.74 Å². The molecule has 0 bridgehead atoms. The van der Waals surface area contributed by atoms with Crippen LogP contribution >= 0.6 is 22.7 Å². The summed E-state index contributed by atoms with van der Waals surface area (Å²) >= 11 is 2.31. The van der Waals surface area contributed by atoms with Gasteiger partial charge in [-0.1, -0.05) is 22.7 Å². The third-order valence-electron chi connectivity index (χ3n) is 4.06. The first kappa shape index (κ1) is 22.5. The molecule has 0 radical (unpaired) electrons. The summed E-state index contributed by atoms with van der Waals surface area (Å²) in [6.45, 7) is 4.90. The number of rotatable bonds is 8. The fourth-order valence-electron chi connectivity index (χ4n) is 2.77. The monoisotopic (exact) mass is 460 g/mol. The fraction of sp³-hybridized carbons (Fsp3) is 0.250. The number of aromatic nitrogens is 1. The number of nitro groups is 1. The molecule has 2 aromatic heterocycles. The summed E-state index contributed by atoms with van der Waals surface area (Å²) in [6.07, 6.45) is 2.80. The summed E-state index contributed by atoms with van der Waals surface area (Å²) < 4.78 is 8.22. The molecular formula is C20H20N4O5S2. The van der Waals surface area contributed by atoms with Crippen LogP contribution in [0.1, 0.15) is 18.7 Å². The first-order chi connectivity index (χ1) is 14.9. The number of thiazole rings is 1. The molecule has 162 valence electrons. The van der Waals surface area contributed by atoms with Gasteiger partial charge in [0.25, 0.3) is 5.91 Å². The van der Waals surface area contributed by atoms with Crippen LogP contribution in [0.5, 0.6) is 0 Å². The molecule has 0 saturated carbocycles. The molecule has 3 aromatic rings. The predicted molar refractivity (Wildman–Crippen MR) is 121 cm³/mol. The van der Waals surface area contributed by atoms with Crippen LogP contribution < -0.4 is 10.1 Å². The van der Waals surface area contributed by atoms with Gasteiger partial charge in [0.15, 0.2) is 4.80 Å². The molecule has 0 aliphatic heterocycles. The third-order valence-corrected chi connectivity index (χ3v) is 6.10. The largest absolute Gasteiger partial charge is 0.380 e. The molecule has 0 aliphatic rings. The second-order valence-corrected chi connectivity index (χ2v) is 8.42. The molecule has 0 fully saturated rings. The SMILES string of the molecule is CCOCCn1c(=NC(=O)/C=C\c2ccc([N+](=O)[O-])s2)sc2cc(NC(C)=O)ccc21. The van der Waals surface area contributed by atoms with E-state index in [1.165, 1.54) is 36.5 Å². The molecule has 2 amide bonds. The highest BCUT2D eigenvalue weighted by Gasteiger charge is 2.10. The first-order valence-corrected chi connectivity index (χ1v) is 11.0. The van der Waals surface area contributed by atoms with Crippen molar-refractivity contribution in [3.05, 3.63) is 56.2 Å². The lowest BCUT2D eigenvalue weighted by atomic mass is 10.3. The zero-order valence-corrected chi connectivity index (χ0v) is 18.5. The smallest absolute Gasteiger partial charge is 0.324 e. The number of carbonyl (C=O) groups is 2. The molecule has 9 nitrogen and oxygen atoms in total. The van der Waals surface area contributed by atoms with Gasteiger partial charge in [0, 0.05) is 42.8 Å². The molecule has 3 rings (SSSR count). The molecule has 0 atom stereocenters. The zero-order chi connectivity index (χ0) is 22.4. The van der Waals surface area contributed by atoms with Crippen molar-refractivity contribution in [3.63, 3.8) is 0 Å². The van der Waals surface area contributed by atoms with E-state index in [1.807, 2.05) is 23.6 Å². The highest BCUT2D eigenvalue weighted by atomic mass is 32.1. The average Bonchev–Trinajstić information content (AvgIpc) is 3.31. The number of nitrogens with zero attached hydrogens (tertiary/aromatic N) is 3. The van der Waals surface area contributed by atoms with E-state index < -0.39 is 10.8 Å². The summed E-state index contributed by atoms with van der Waals surface area (Å²) in [5.74, 6) is -0.644. The molecule has 0 spiro atoms. The fourth-order valence-corrected chi connectivity index (χ4v) is 4.60. The molecule has 2 heterocycles. The maximum atomic E-state index is 12.4. The Balaban J connectivity index is 1.92. The normalized spacial score (nSPS) is 12.0. The standard InChI is InChI=1S/C20H20N4O5S2/c1-3-29-11-10-23-16-7-4-14(21-13(2)25)12-17(16)31-20(23)22-18(26)8-5-15-6-9-19(30-15)24(27)28/h4-9,12H,3,10-11H2,1-2H3,(H,21,25)/b8-5-,22-20?. The van der Waals surface area contributed by atoms with Crippen LogP contribution in [0, 0.1) is 10.1 Å². The Hall–Kier alpha value is -3.15. The highest BCUT2D eigenvalue weighted by Crippen LogP contribution is 2.25. The summed E-state index contributed by atoms with van der Waals surface area (Å²) in [6, 6.07) is 8.48. The van der Waals surface area contributed by atoms with Crippen LogP contribution in [0.4, 0.5) is 10.7 Å². The van der Waals surface area contributed by atoms with Crippen molar-refractivity contribution in [2.75, 3.05) is 18.5 Å². The van der Waals surface area contributed by atoms with Gasteiger partial charge in [-0.15, -0.1) is 0 Å². The number of carbonyl (C=O) groups excluding carboxylic acids is 2. The number of nitrogens with one attached hydrogen (secondary N) is 1. The molecule has 11 heteroatoms. The van der Waals surface area contributed by atoms with Crippen LogP contribution in [0.3, 0.4) is 0 Å². The van der Waals surface area contributed by atoms with Gasteiger partial charge in [-0.2, -0.15) is 4.99 Å². The number of thiophene rings is 1. The van der Waals surface area contributed by atoms with Gasteiger partial charge in [-0.05, 0) is 37.3 Å². The van der Waals surface area contributed by atoms with Gasteiger partial charge in [-0.3, -0.25) is 19.7 Å². The number of fused-ring (bicyclic) bond motifs is 1. The molecule has 0 unspecified atom stereocenters. The van der Waals surface area contributed by atoms with Crippen LogP contribution in [-0.4, -0.2) is 34.5 Å². The Morgan fingerprint density at radius 3 is 2.77 bits per heavy atom. The van der Waals surface area contributed by atoms with Crippen LogP contribution in [0.15, 0.2) is 41.4 Å². The lowest BCUT2D eigenvalue weighted by molar-refractivity contribution is -0.380. The summed E-state index contributed by atoms with van der Waals surface area (Å²) in [5, 5.41) is 13.5. The Bertz CT molecular complexity index is 1220. The van der Waals surface area contributed by atoms with Gasteiger partial charge in [0.1, 0.15) is 0 Å². The Labute approximate surface area is 185 Å². The highest BCUT2D eigenvalue weighted by molar-refractivity contribution is 7.16. The minimum absolute atomic E-state index is 0.0114. The zero-order valence-electron chi connectivity index (χ0n) is 16.9. The number of ether oxygens (including phenoxy) is 1. The molecule has 1 N–H and O–H groups in total. The van der Waals surface area contributed by atoms with Crippen molar-refractivity contribution in [3.8, 4) is 0 Å². The average molecular weight is 461 g/mol. The Morgan fingerprint density at radius 2 is 2.10 bits per heavy atom. The van der Waals surface area contributed by atoms with E-state index >= 15 is 0 Å². The van der Waals surface area contributed by atoms with E-state index in [0.29, 0.717) is 35.1 Å². The van der Waals surface area contributed by atoms with Gasteiger partial charge < -0.3 is 14.6 Å². The van der Waals surface area contributed by atoms with Crippen molar-refractivity contribution in [2.45, 2.75) is 20.4 Å². The lowest BCUT2D eigenvalue weighted by Gasteiger charge is -2.06. The van der Waals surface area contributed by atoms with Crippen molar-refractivity contribution in [1.29, 1.82) is 0 Å². The molecule has 31 heavy (non-hydrogen) atoms. The topological polar surface area (TPSA) is 116 Å². The predicted octanol–water partition coefficient (Wildman–Crippen LogP) is 3.81. The quantitative estimate of drug-likeness (QED) is 0.237. The third kappa shape index (κ3) is 5.94. The lowest BCUT2D eigenvalue weighted by Crippen LogP contribution is -2.19. The maximum absolute atomic E-state index is 12.4. The molecule has 1 aromatic carbocycles. The van der Waals surface area contributed by atoms with E-state index in [2.05, 4.69) is 10.3 Å². The number of hydrogen-bond acceptors (Lipinski definition) is 7. The molecule has 0 aliphatic carbocycles. The number of hydrogen-bond donors (Lipinski definition) is 1. The van der Waals surface area contributed by atoms with Crippen molar-refractivity contribution < 1.29 is 19.2 Å². The second kappa shape index (κ2) is 10.2. The van der Waals surface area contributed by atoms with Gasteiger partial charge in [0.05, 0.1) is 21.7 Å². The van der Waals surface area contributed by atoms with Gasteiger partial charge in [0.2, 0.25) is 5.91 Å². The van der Waals surface area contributed by atoms with Gasteiger partial charge in [-0.25, -0.2) is 0 Å². The van der Waals surface area contributed by atoms with E-state index in [0.717, 1.165) is 21.6 Å². The first-order valence-electron chi connectivity index (χ1n) is 9.37. The Morgan fingerprint density at radius 1 is 1.29 bits per heavy atom. The number of amides is 2. The minimum Gasteiger partial charge on any atom is -0.380 e. The van der Waals surface area contributed by atoms with Crippen LogP contribution in [0.25, 0.3) is 16.3 Å². The van der Waals surface area contributed by atoms with Crippen LogP contribution in [0.2, 0.25) is 0 Å². The maximum Gasteiger partial charge on any atom is 0.324 e. The van der Waals surface area contributed by atoms with Crippen molar-refractivity contribution in [2.24, 2.45) is 4.99 Å².